The van der Waals surface area contributed by atoms with Crippen molar-refractivity contribution in [1.82, 2.24) is 4.90 Å². The van der Waals surface area contributed by atoms with Crippen molar-refractivity contribution in [2.75, 3.05) is 26.1 Å². The summed E-state index contributed by atoms with van der Waals surface area (Å²) in [7, 11) is 3.22. The molecule has 5 nitrogen and oxygen atoms in total. The van der Waals surface area contributed by atoms with Gasteiger partial charge in [0.05, 0.1) is 14.2 Å². The topological polar surface area (TPSA) is 50.8 Å². The summed E-state index contributed by atoms with van der Waals surface area (Å²) in [5.41, 5.74) is 3.37. The third kappa shape index (κ3) is 3.87. The van der Waals surface area contributed by atoms with Crippen molar-refractivity contribution in [2.24, 2.45) is 0 Å². The molecule has 3 rings (SSSR count). The second-order valence-corrected chi connectivity index (χ2v) is 6.25. The lowest BCUT2D eigenvalue weighted by Crippen LogP contribution is -2.43. The Morgan fingerprint density at radius 2 is 1.72 bits per heavy atom. The summed E-state index contributed by atoms with van der Waals surface area (Å²) in [5.74, 6) is 1.47. The van der Waals surface area contributed by atoms with Crippen LogP contribution in [0.5, 0.6) is 11.5 Å². The normalized spacial score (nSPS) is 14.4. The smallest absolute Gasteiger partial charge is 0.245 e. The van der Waals surface area contributed by atoms with Gasteiger partial charge < -0.3 is 19.7 Å². The number of nitrogens with one attached hydrogen (secondary N) is 1. The van der Waals surface area contributed by atoms with Crippen LogP contribution in [0.25, 0.3) is 0 Å². The molecule has 5 heteroatoms. The highest BCUT2D eigenvalue weighted by atomic mass is 16.5. The molecule has 132 valence electrons. The van der Waals surface area contributed by atoms with E-state index < -0.39 is 0 Å². The van der Waals surface area contributed by atoms with E-state index in [1.54, 1.807) is 20.3 Å². The molecule has 0 bridgehead atoms. The van der Waals surface area contributed by atoms with Crippen LogP contribution in [0.3, 0.4) is 0 Å². The van der Waals surface area contributed by atoms with E-state index in [-0.39, 0.29) is 11.9 Å². The quantitative estimate of drug-likeness (QED) is 0.909. The van der Waals surface area contributed by atoms with Gasteiger partial charge in [-0.2, -0.15) is 0 Å². The molecule has 1 atom stereocenters. The summed E-state index contributed by atoms with van der Waals surface area (Å²) in [5, 5.41) is 3.26. The van der Waals surface area contributed by atoms with E-state index in [2.05, 4.69) is 23.5 Å². The molecule has 1 aliphatic rings. The Hall–Kier alpha value is -2.69. The zero-order valence-electron chi connectivity index (χ0n) is 14.9. The van der Waals surface area contributed by atoms with Crippen molar-refractivity contribution in [1.29, 1.82) is 0 Å². The predicted octanol–water partition coefficient (Wildman–Crippen LogP) is 3.09. The first-order chi connectivity index (χ1) is 12.1. The Kier molecular flexibility index (Phi) is 5.12. The third-order valence-electron chi connectivity index (χ3n) is 4.55. The number of nitrogens with zero attached hydrogens (tertiary/aromatic N) is 1. The molecular weight excluding hydrogens is 316 g/mol. The fraction of sp³-hybridized carbons (Fsp3) is 0.350. The summed E-state index contributed by atoms with van der Waals surface area (Å²) >= 11 is 0. The van der Waals surface area contributed by atoms with Gasteiger partial charge >= 0.3 is 0 Å². The molecule has 0 saturated heterocycles. The summed E-state index contributed by atoms with van der Waals surface area (Å²) in [4.78, 5) is 14.7. The van der Waals surface area contributed by atoms with Gasteiger partial charge in [0.2, 0.25) is 5.91 Å². The largest absolute Gasteiger partial charge is 0.497 e. The van der Waals surface area contributed by atoms with Crippen LogP contribution < -0.4 is 14.8 Å². The first kappa shape index (κ1) is 17.1. The van der Waals surface area contributed by atoms with E-state index >= 15 is 0 Å². The Bertz CT molecular complexity index is 738. The van der Waals surface area contributed by atoms with Crippen molar-refractivity contribution in [3.63, 3.8) is 0 Å². The van der Waals surface area contributed by atoms with Crippen LogP contribution in [0.1, 0.15) is 18.1 Å². The average molecular weight is 340 g/mol. The number of carbonyl (C=O) groups is 1. The summed E-state index contributed by atoms with van der Waals surface area (Å²) in [6, 6.07) is 13.5. The van der Waals surface area contributed by atoms with Gasteiger partial charge in [-0.3, -0.25) is 4.79 Å². The van der Waals surface area contributed by atoms with E-state index in [9.17, 15) is 4.79 Å². The van der Waals surface area contributed by atoms with Crippen molar-refractivity contribution in [3.05, 3.63) is 53.6 Å². The number of methoxy groups -OCH3 is 2. The van der Waals surface area contributed by atoms with E-state index in [0.29, 0.717) is 18.0 Å². The number of fused-ring (bicyclic) bond motifs is 1. The summed E-state index contributed by atoms with van der Waals surface area (Å²) in [6.07, 6.45) is 0.904. The molecular formula is C20H24N2O3. The molecule has 0 unspecified atom stereocenters. The van der Waals surface area contributed by atoms with Crippen LogP contribution in [-0.4, -0.2) is 37.6 Å². The number of carbonyl (C=O) groups excluding carboxylic acids is 1. The number of hydrogen-bond donors (Lipinski definition) is 1. The van der Waals surface area contributed by atoms with Crippen molar-refractivity contribution in [3.8, 4) is 11.5 Å². The molecule has 2 aromatic carbocycles. The highest BCUT2D eigenvalue weighted by molar-refractivity contribution is 5.84. The van der Waals surface area contributed by atoms with Gasteiger partial charge in [0.15, 0.2) is 0 Å². The minimum absolute atomic E-state index is 0.0938. The Morgan fingerprint density at radius 3 is 2.36 bits per heavy atom. The number of ether oxygens (including phenoxy) is 2. The molecule has 0 fully saturated rings. The molecule has 0 radical (unpaired) electrons. The van der Waals surface area contributed by atoms with Gasteiger partial charge in [-0.25, -0.2) is 0 Å². The van der Waals surface area contributed by atoms with Gasteiger partial charge in [-0.05, 0) is 24.5 Å². The molecule has 0 aromatic heterocycles. The second kappa shape index (κ2) is 7.47. The summed E-state index contributed by atoms with van der Waals surface area (Å²) in [6.45, 7) is 3.31. The number of benzene rings is 2. The fourth-order valence-corrected chi connectivity index (χ4v) is 3.16. The molecule has 25 heavy (non-hydrogen) atoms. The van der Waals surface area contributed by atoms with Crippen LogP contribution >= 0.6 is 0 Å². The SMILES string of the molecule is COc1cc(N[C@H](C)C(=O)N2CCc3ccccc3C2)cc(OC)c1. The Morgan fingerprint density at radius 1 is 1.08 bits per heavy atom. The molecule has 2 aromatic rings. The maximum atomic E-state index is 12.8. The van der Waals surface area contributed by atoms with Crippen LogP contribution in [0.2, 0.25) is 0 Å². The standard InChI is InChI=1S/C20H24N2O3/c1-14(21-17-10-18(24-2)12-19(11-17)25-3)20(23)22-9-8-15-6-4-5-7-16(15)13-22/h4-7,10-12,14,21H,8-9,13H2,1-3H3/t14-/m1/s1. The number of amides is 1. The van der Waals surface area contributed by atoms with E-state index in [1.807, 2.05) is 30.0 Å². The first-order valence-electron chi connectivity index (χ1n) is 8.46. The molecule has 1 heterocycles. The molecule has 1 N–H and O–H groups in total. The van der Waals surface area contributed by atoms with Gasteiger partial charge in [0.1, 0.15) is 17.5 Å². The summed E-state index contributed by atoms with van der Waals surface area (Å²) < 4.78 is 10.6. The van der Waals surface area contributed by atoms with Crippen LogP contribution in [0, 0.1) is 0 Å². The number of anilines is 1. The fourth-order valence-electron chi connectivity index (χ4n) is 3.16. The van der Waals surface area contributed by atoms with E-state index in [4.69, 9.17) is 9.47 Å². The zero-order valence-corrected chi connectivity index (χ0v) is 14.9. The molecule has 0 saturated carbocycles. The molecule has 1 aliphatic heterocycles. The number of rotatable bonds is 5. The maximum absolute atomic E-state index is 12.8. The van der Waals surface area contributed by atoms with Crippen LogP contribution in [0.4, 0.5) is 5.69 Å². The minimum atomic E-state index is -0.331. The van der Waals surface area contributed by atoms with Gasteiger partial charge in [-0.1, -0.05) is 24.3 Å². The average Bonchev–Trinajstić information content (AvgIpc) is 2.66. The zero-order chi connectivity index (χ0) is 17.8. The van der Waals surface area contributed by atoms with Gasteiger partial charge in [0, 0.05) is 37.0 Å². The highest BCUT2D eigenvalue weighted by Crippen LogP contribution is 2.26. The molecule has 0 aliphatic carbocycles. The van der Waals surface area contributed by atoms with E-state index in [1.165, 1.54) is 11.1 Å². The van der Waals surface area contributed by atoms with Crippen LogP contribution in [-0.2, 0) is 17.8 Å². The maximum Gasteiger partial charge on any atom is 0.245 e. The third-order valence-corrected chi connectivity index (χ3v) is 4.55. The van der Waals surface area contributed by atoms with Crippen molar-refractivity contribution in [2.45, 2.75) is 25.9 Å². The van der Waals surface area contributed by atoms with Gasteiger partial charge in [0.25, 0.3) is 0 Å². The molecule has 1 amide bonds. The van der Waals surface area contributed by atoms with Gasteiger partial charge in [-0.15, -0.1) is 0 Å². The minimum Gasteiger partial charge on any atom is -0.497 e. The predicted molar refractivity (Wildman–Crippen MR) is 98.2 cm³/mol. The Labute approximate surface area is 148 Å². The first-order valence-corrected chi connectivity index (χ1v) is 8.46. The van der Waals surface area contributed by atoms with Crippen molar-refractivity contribution >= 4 is 11.6 Å². The highest BCUT2D eigenvalue weighted by Gasteiger charge is 2.24. The number of hydrogen-bond acceptors (Lipinski definition) is 4. The van der Waals surface area contributed by atoms with Crippen LogP contribution in [0.15, 0.2) is 42.5 Å². The lowest BCUT2D eigenvalue weighted by atomic mass is 9.99. The molecule has 0 spiro atoms. The second-order valence-electron chi connectivity index (χ2n) is 6.25. The monoisotopic (exact) mass is 340 g/mol. The van der Waals surface area contributed by atoms with E-state index in [0.717, 1.165) is 18.7 Å². The lowest BCUT2D eigenvalue weighted by molar-refractivity contribution is -0.132. The lowest BCUT2D eigenvalue weighted by Gasteiger charge is -2.31. The van der Waals surface area contributed by atoms with Crippen molar-refractivity contribution < 1.29 is 14.3 Å². The Balaban J connectivity index is 1.69.